The molecular formula is C23H26N4O2S. The van der Waals surface area contributed by atoms with Crippen LogP contribution in [0.25, 0.3) is 17.1 Å². The second kappa shape index (κ2) is 8.92. The highest BCUT2D eigenvalue weighted by molar-refractivity contribution is 7.99. The first-order valence-corrected chi connectivity index (χ1v) is 11.2. The van der Waals surface area contributed by atoms with Gasteiger partial charge in [-0.05, 0) is 54.7 Å². The van der Waals surface area contributed by atoms with Crippen molar-refractivity contribution in [1.82, 2.24) is 20.1 Å². The molecule has 156 valence electrons. The van der Waals surface area contributed by atoms with Gasteiger partial charge in [-0.15, -0.1) is 10.2 Å². The van der Waals surface area contributed by atoms with Gasteiger partial charge in [0.1, 0.15) is 5.75 Å². The van der Waals surface area contributed by atoms with Gasteiger partial charge in [0.2, 0.25) is 5.91 Å². The molecule has 1 N–H and O–H groups in total. The molecule has 0 spiro atoms. The van der Waals surface area contributed by atoms with Crippen LogP contribution in [0.3, 0.4) is 0 Å². The van der Waals surface area contributed by atoms with Gasteiger partial charge in [0.25, 0.3) is 0 Å². The van der Waals surface area contributed by atoms with E-state index in [-0.39, 0.29) is 5.91 Å². The molecule has 4 rings (SSSR count). The summed E-state index contributed by atoms with van der Waals surface area (Å²) in [6, 6.07) is 16.4. The van der Waals surface area contributed by atoms with Crippen LogP contribution in [0.1, 0.15) is 38.2 Å². The van der Waals surface area contributed by atoms with Crippen molar-refractivity contribution in [2.75, 3.05) is 12.9 Å². The van der Waals surface area contributed by atoms with E-state index in [4.69, 9.17) is 4.74 Å². The molecule has 1 amide bonds. The first-order chi connectivity index (χ1) is 14.6. The summed E-state index contributed by atoms with van der Waals surface area (Å²) in [5.74, 6) is 2.24. The van der Waals surface area contributed by atoms with Crippen molar-refractivity contribution < 1.29 is 9.53 Å². The average Bonchev–Trinajstić information content (AvgIpc) is 3.47. The molecule has 0 atom stereocenters. The Morgan fingerprint density at radius 3 is 2.57 bits per heavy atom. The molecule has 3 aromatic rings. The predicted octanol–water partition coefficient (Wildman–Crippen LogP) is 4.44. The minimum Gasteiger partial charge on any atom is -0.497 e. The molecule has 0 aliphatic heterocycles. The SMILES string of the molecule is COc1ccc(-c2nnc(SCC(=O)NC3CC3)n2-c2ccccc2C(C)C)cc1. The van der Waals surface area contributed by atoms with Gasteiger partial charge in [0.05, 0.1) is 18.6 Å². The highest BCUT2D eigenvalue weighted by atomic mass is 32.2. The van der Waals surface area contributed by atoms with Crippen LogP contribution >= 0.6 is 11.8 Å². The van der Waals surface area contributed by atoms with E-state index in [1.54, 1.807) is 7.11 Å². The van der Waals surface area contributed by atoms with E-state index in [0.717, 1.165) is 35.7 Å². The van der Waals surface area contributed by atoms with Crippen LogP contribution in [-0.4, -0.2) is 39.6 Å². The maximum atomic E-state index is 12.2. The van der Waals surface area contributed by atoms with Gasteiger partial charge in [-0.2, -0.15) is 0 Å². The van der Waals surface area contributed by atoms with Crippen molar-refractivity contribution in [1.29, 1.82) is 0 Å². The lowest BCUT2D eigenvalue weighted by Gasteiger charge is -2.17. The standard InChI is InChI=1S/C23H26N4O2S/c1-15(2)19-6-4-5-7-20(19)27-22(16-8-12-18(29-3)13-9-16)25-26-23(27)30-14-21(28)24-17-10-11-17/h4-9,12-13,15,17H,10-11,14H2,1-3H3,(H,24,28). The van der Waals surface area contributed by atoms with Crippen LogP contribution in [-0.2, 0) is 4.79 Å². The van der Waals surface area contributed by atoms with Gasteiger partial charge < -0.3 is 10.1 Å². The fraction of sp³-hybridized carbons (Fsp3) is 0.348. The van der Waals surface area contributed by atoms with Gasteiger partial charge in [0, 0.05) is 11.6 Å². The average molecular weight is 423 g/mol. The molecule has 7 heteroatoms. The summed E-state index contributed by atoms with van der Waals surface area (Å²) in [7, 11) is 1.65. The van der Waals surface area contributed by atoms with Crippen molar-refractivity contribution in [3.63, 3.8) is 0 Å². The maximum Gasteiger partial charge on any atom is 0.230 e. The Balaban J connectivity index is 1.73. The summed E-state index contributed by atoms with van der Waals surface area (Å²) in [5, 5.41) is 12.7. The Morgan fingerprint density at radius 2 is 1.90 bits per heavy atom. The third kappa shape index (κ3) is 4.51. The number of nitrogens with one attached hydrogen (secondary N) is 1. The van der Waals surface area contributed by atoms with Crippen molar-refractivity contribution in [3.8, 4) is 22.8 Å². The van der Waals surface area contributed by atoms with Crippen LogP contribution in [0.2, 0.25) is 0 Å². The third-order valence-electron chi connectivity index (χ3n) is 5.06. The topological polar surface area (TPSA) is 69.0 Å². The molecule has 1 fully saturated rings. The summed E-state index contributed by atoms with van der Waals surface area (Å²) >= 11 is 1.42. The Hall–Kier alpha value is -2.80. The molecule has 1 heterocycles. The number of ether oxygens (including phenoxy) is 1. The summed E-state index contributed by atoms with van der Waals surface area (Å²) in [6.45, 7) is 4.35. The van der Waals surface area contributed by atoms with Crippen molar-refractivity contribution >= 4 is 17.7 Å². The second-order valence-corrected chi connectivity index (χ2v) is 8.66. The molecular weight excluding hydrogens is 396 g/mol. The maximum absolute atomic E-state index is 12.2. The second-order valence-electron chi connectivity index (χ2n) is 7.71. The van der Waals surface area contributed by atoms with Crippen LogP contribution in [0.4, 0.5) is 0 Å². The summed E-state index contributed by atoms with van der Waals surface area (Å²) in [5.41, 5.74) is 3.18. The number of nitrogens with zero attached hydrogens (tertiary/aromatic N) is 3. The van der Waals surface area contributed by atoms with Crippen molar-refractivity contribution in [2.24, 2.45) is 0 Å². The molecule has 30 heavy (non-hydrogen) atoms. The van der Waals surface area contributed by atoms with E-state index >= 15 is 0 Å². The third-order valence-corrected chi connectivity index (χ3v) is 5.99. The molecule has 2 aromatic carbocycles. The lowest BCUT2D eigenvalue weighted by Crippen LogP contribution is -2.27. The van der Waals surface area contributed by atoms with E-state index < -0.39 is 0 Å². The largest absolute Gasteiger partial charge is 0.497 e. The Labute approximate surface area is 181 Å². The molecule has 6 nitrogen and oxygen atoms in total. The molecule has 0 saturated heterocycles. The van der Waals surface area contributed by atoms with Crippen molar-refractivity contribution in [2.45, 2.75) is 43.8 Å². The number of benzene rings is 2. The molecule has 0 unspecified atom stereocenters. The fourth-order valence-electron chi connectivity index (χ4n) is 3.31. The number of hydrogen-bond donors (Lipinski definition) is 1. The molecule has 1 aliphatic carbocycles. The van der Waals surface area contributed by atoms with E-state index in [1.807, 2.05) is 36.4 Å². The van der Waals surface area contributed by atoms with Crippen LogP contribution in [0.5, 0.6) is 5.75 Å². The normalized spacial score (nSPS) is 13.5. The number of hydrogen-bond acceptors (Lipinski definition) is 5. The number of carbonyl (C=O) groups excluding carboxylic acids is 1. The molecule has 1 aliphatic rings. The number of aromatic nitrogens is 3. The lowest BCUT2D eigenvalue weighted by atomic mass is 10.0. The van der Waals surface area contributed by atoms with E-state index in [9.17, 15) is 4.79 Å². The Bertz CT molecular complexity index is 1030. The minimum atomic E-state index is 0.0418. The first kappa shape index (κ1) is 20.5. The van der Waals surface area contributed by atoms with E-state index in [2.05, 4.69) is 46.1 Å². The van der Waals surface area contributed by atoms with E-state index in [1.165, 1.54) is 17.3 Å². The number of carbonyl (C=O) groups is 1. The summed E-state index contributed by atoms with van der Waals surface area (Å²) in [4.78, 5) is 12.2. The summed E-state index contributed by atoms with van der Waals surface area (Å²) in [6.07, 6.45) is 2.16. The van der Waals surface area contributed by atoms with Crippen LogP contribution in [0.15, 0.2) is 53.7 Å². The molecule has 0 bridgehead atoms. The smallest absolute Gasteiger partial charge is 0.230 e. The van der Waals surface area contributed by atoms with Gasteiger partial charge in [-0.1, -0.05) is 43.8 Å². The monoisotopic (exact) mass is 422 g/mol. The molecule has 0 radical (unpaired) electrons. The van der Waals surface area contributed by atoms with Crippen LogP contribution < -0.4 is 10.1 Å². The van der Waals surface area contributed by atoms with Gasteiger partial charge >= 0.3 is 0 Å². The zero-order valence-electron chi connectivity index (χ0n) is 17.5. The first-order valence-electron chi connectivity index (χ1n) is 10.2. The predicted molar refractivity (Wildman–Crippen MR) is 119 cm³/mol. The number of para-hydroxylation sites is 1. The molecule has 1 aromatic heterocycles. The highest BCUT2D eigenvalue weighted by Gasteiger charge is 2.24. The Kier molecular flexibility index (Phi) is 6.08. The Morgan fingerprint density at radius 1 is 1.17 bits per heavy atom. The zero-order valence-corrected chi connectivity index (χ0v) is 18.3. The summed E-state index contributed by atoms with van der Waals surface area (Å²) < 4.78 is 7.35. The van der Waals surface area contributed by atoms with Gasteiger partial charge in [-0.3, -0.25) is 9.36 Å². The van der Waals surface area contributed by atoms with Crippen molar-refractivity contribution in [3.05, 3.63) is 54.1 Å². The quantitative estimate of drug-likeness (QED) is 0.544. The van der Waals surface area contributed by atoms with Gasteiger partial charge in [0.15, 0.2) is 11.0 Å². The van der Waals surface area contributed by atoms with E-state index in [0.29, 0.717) is 22.9 Å². The number of thioether (sulfide) groups is 1. The highest BCUT2D eigenvalue weighted by Crippen LogP contribution is 2.32. The lowest BCUT2D eigenvalue weighted by molar-refractivity contribution is -0.118. The fourth-order valence-corrected chi connectivity index (χ4v) is 4.07. The number of methoxy groups -OCH3 is 1. The van der Waals surface area contributed by atoms with Gasteiger partial charge in [-0.25, -0.2) is 0 Å². The zero-order chi connectivity index (χ0) is 21.1. The minimum absolute atomic E-state index is 0.0418. The number of rotatable bonds is 8. The van der Waals surface area contributed by atoms with Crippen LogP contribution in [0, 0.1) is 0 Å². The number of amides is 1. The molecule has 1 saturated carbocycles.